The first kappa shape index (κ1) is 32.5. The van der Waals surface area contributed by atoms with Crippen molar-refractivity contribution in [1.82, 2.24) is 10.2 Å². The monoisotopic (exact) mass is 627 g/mol. The van der Waals surface area contributed by atoms with E-state index in [2.05, 4.69) is 5.32 Å². The lowest BCUT2D eigenvalue weighted by Crippen LogP contribution is -2.52. The zero-order valence-corrected chi connectivity index (χ0v) is 26.0. The van der Waals surface area contributed by atoms with Crippen molar-refractivity contribution < 1.29 is 22.4 Å². The minimum Gasteiger partial charge on any atom is -0.352 e. The van der Waals surface area contributed by atoms with Gasteiger partial charge in [0, 0.05) is 37.0 Å². The van der Waals surface area contributed by atoms with Gasteiger partial charge in [0.1, 0.15) is 11.9 Å². The molecule has 4 rings (SSSR count). The second-order valence-electron chi connectivity index (χ2n) is 11.1. The van der Waals surface area contributed by atoms with E-state index in [0.29, 0.717) is 22.7 Å². The fourth-order valence-electron chi connectivity index (χ4n) is 5.50. The maximum absolute atomic E-state index is 13.9. The summed E-state index contributed by atoms with van der Waals surface area (Å²) < 4.78 is 40.2. The fraction of sp³-hybridized carbons (Fsp3) is 0.394. The number of hydrogen-bond acceptors (Lipinski definition) is 4. The van der Waals surface area contributed by atoms with Gasteiger partial charge in [-0.1, -0.05) is 73.3 Å². The number of hydrogen-bond donors (Lipinski definition) is 1. The Hall–Kier alpha value is -3.43. The Morgan fingerprint density at radius 3 is 2.21 bits per heavy atom. The van der Waals surface area contributed by atoms with Crippen LogP contribution in [-0.2, 0) is 32.6 Å². The molecule has 2 amide bonds. The summed E-state index contributed by atoms with van der Waals surface area (Å²) in [5.41, 5.74) is 2.06. The molecule has 0 bridgehead atoms. The molecule has 1 atom stereocenters. The first-order valence-corrected chi connectivity index (χ1v) is 16.9. The Bertz CT molecular complexity index is 1450. The van der Waals surface area contributed by atoms with E-state index in [4.69, 9.17) is 11.6 Å². The molecule has 10 heteroatoms. The molecule has 0 heterocycles. The molecular weight excluding hydrogens is 589 g/mol. The van der Waals surface area contributed by atoms with Crippen LogP contribution in [0.15, 0.2) is 78.9 Å². The van der Waals surface area contributed by atoms with Gasteiger partial charge >= 0.3 is 0 Å². The summed E-state index contributed by atoms with van der Waals surface area (Å²) in [5.74, 6) is -0.890. The van der Waals surface area contributed by atoms with E-state index in [9.17, 15) is 22.4 Å². The molecule has 0 unspecified atom stereocenters. The second kappa shape index (κ2) is 15.3. The molecule has 3 aromatic rings. The molecule has 7 nitrogen and oxygen atoms in total. The van der Waals surface area contributed by atoms with E-state index < -0.39 is 16.1 Å². The standard InChI is InChI=1S/C33H39ClFN3O4S/c1-43(41,42)38(30-20-16-27(34)17-21-30)22-8-13-32(39)37(24-26-14-18-28(35)19-15-26)31(23-25-9-4-2-5-10-25)33(40)36-29-11-6-3-7-12-29/h2,4-5,9-10,14-21,29,31H,3,6-8,11-13,22-24H2,1H3,(H,36,40)/t31-/m1/s1. The number of rotatable bonds is 13. The molecule has 1 aliphatic carbocycles. The van der Waals surface area contributed by atoms with Crippen molar-refractivity contribution in [3.8, 4) is 0 Å². The number of carbonyl (C=O) groups is 2. The molecule has 230 valence electrons. The zero-order chi connectivity index (χ0) is 30.8. The lowest BCUT2D eigenvalue weighted by Gasteiger charge is -2.34. The van der Waals surface area contributed by atoms with Crippen LogP contribution < -0.4 is 9.62 Å². The van der Waals surface area contributed by atoms with Crippen LogP contribution in [0.2, 0.25) is 5.02 Å². The lowest BCUT2D eigenvalue weighted by atomic mass is 9.94. The van der Waals surface area contributed by atoms with Gasteiger partial charge < -0.3 is 10.2 Å². The Labute approximate surface area is 259 Å². The zero-order valence-electron chi connectivity index (χ0n) is 24.4. The number of halogens is 2. The van der Waals surface area contributed by atoms with E-state index >= 15 is 0 Å². The third kappa shape index (κ3) is 9.79. The van der Waals surface area contributed by atoms with Crippen LogP contribution in [0.25, 0.3) is 0 Å². The van der Waals surface area contributed by atoms with Crippen LogP contribution in [0, 0.1) is 5.82 Å². The molecule has 3 aromatic carbocycles. The van der Waals surface area contributed by atoms with Gasteiger partial charge in [0.25, 0.3) is 0 Å². The highest BCUT2D eigenvalue weighted by Crippen LogP contribution is 2.23. The number of benzene rings is 3. The van der Waals surface area contributed by atoms with Gasteiger partial charge in [0.05, 0.1) is 11.9 Å². The Morgan fingerprint density at radius 1 is 0.930 bits per heavy atom. The van der Waals surface area contributed by atoms with Crippen LogP contribution in [0.1, 0.15) is 56.1 Å². The normalized spacial score (nSPS) is 14.6. The molecule has 0 aromatic heterocycles. The van der Waals surface area contributed by atoms with E-state index in [-0.39, 0.29) is 49.6 Å². The number of sulfonamides is 1. The van der Waals surface area contributed by atoms with Gasteiger partial charge in [-0.25, -0.2) is 12.8 Å². The minimum atomic E-state index is -3.62. The molecule has 0 saturated heterocycles. The predicted octanol–water partition coefficient (Wildman–Crippen LogP) is 6.11. The Morgan fingerprint density at radius 2 is 1.58 bits per heavy atom. The summed E-state index contributed by atoms with van der Waals surface area (Å²) >= 11 is 5.99. The van der Waals surface area contributed by atoms with Gasteiger partial charge in [-0.3, -0.25) is 13.9 Å². The highest BCUT2D eigenvalue weighted by atomic mass is 35.5. The molecular formula is C33H39ClFN3O4S. The van der Waals surface area contributed by atoms with Crippen LogP contribution in [0.5, 0.6) is 0 Å². The Balaban J connectivity index is 1.58. The summed E-state index contributed by atoms with van der Waals surface area (Å²) in [4.78, 5) is 29.4. The molecule has 0 radical (unpaired) electrons. The van der Waals surface area contributed by atoms with Crippen molar-refractivity contribution in [3.63, 3.8) is 0 Å². The lowest BCUT2D eigenvalue weighted by molar-refractivity contribution is -0.141. The van der Waals surface area contributed by atoms with Gasteiger partial charge in [-0.15, -0.1) is 0 Å². The SMILES string of the molecule is CS(=O)(=O)N(CCCC(=O)N(Cc1ccc(F)cc1)[C@H](Cc1ccccc1)C(=O)NC1CCCCC1)c1ccc(Cl)cc1. The van der Waals surface area contributed by atoms with Crippen molar-refractivity contribution in [2.45, 2.75) is 70.0 Å². The first-order valence-electron chi connectivity index (χ1n) is 14.7. The van der Waals surface area contributed by atoms with Gasteiger partial charge in [-0.05, 0) is 66.8 Å². The van der Waals surface area contributed by atoms with Crippen molar-refractivity contribution in [2.24, 2.45) is 0 Å². The van der Waals surface area contributed by atoms with Crippen LogP contribution in [0.4, 0.5) is 10.1 Å². The summed E-state index contributed by atoms with van der Waals surface area (Å²) in [7, 11) is -3.62. The highest BCUT2D eigenvalue weighted by Gasteiger charge is 2.32. The summed E-state index contributed by atoms with van der Waals surface area (Å²) in [6, 6.07) is 21.2. The maximum Gasteiger partial charge on any atom is 0.243 e. The largest absolute Gasteiger partial charge is 0.352 e. The van der Waals surface area contributed by atoms with Crippen LogP contribution in [0.3, 0.4) is 0 Å². The molecule has 1 aliphatic rings. The Kier molecular flexibility index (Phi) is 11.6. The summed E-state index contributed by atoms with van der Waals surface area (Å²) in [6.45, 7) is 0.190. The molecule has 1 saturated carbocycles. The molecule has 0 spiro atoms. The number of nitrogens with zero attached hydrogens (tertiary/aromatic N) is 2. The van der Waals surface area contributed by atoms with Crippen molar-refractivity contribution in [3.05, 3.63) is 101 Å². The van der Waals surface area contributed by atoms with Gasteiger partial charge in [0.2, 0.25) is 21.8 Å². The molecule has 1 fully saturated rings. The molecule has 43 heavy (non-hydrogen) atoms. The third-order valence-electron chi connectivity index (χ3n) is 7.76. The minimum absolute atomic E-state index is 0.0167. The smallest absolute Gasteiger partial charge is 0.243 e. The fourth-order valence-corrected chi connectivity index (χ4v) is 6.59. The van der Waals surface area contributed by atoms with Gasteiger partial charge in [-0.2, -0.15) is 0 Å². The van der Waals surface area contributed by atoms with Gasteiger partial charge in [0.15, 0.2) is 0 Å². The predicted molar refractivity (Wildman–Crippen MR) is 169 cm³/mol. The molecule has 1 N–H and O–H groups in total. The van der Waals surface area contributed by atoms with Crippen LogP contribution >= 0.6 is 11.6 Å². The highest BCUT2D eigenvalue weighted by molar-refractivity contribution is 7.92. The summed E-state index contributed by atoms with van der Waals surface area (Å²) in [6.07, 6.45) is 6.74. The van der Waals surface area contributed by atoms with Crippen molar-refractivity contribution in [2.75, 3.05) is 17.1 Å². The topological polar surface area (TPSA) is 86.8 Å². The number of carbonyl (C=O) groups excluding carboxylic acids is 2. The maximum atomic E-state index is 13.9. The number of amides is 2. The number of anilines is 1. The van der Waals surface area contributed by atoms with Crippen molar-refractivity contribution in [1.29, 1.82) is 0 Å². The summed E-state index contributed by atoms with van der Waals surface area (Å²) in [5, 5.41) is 3.68. The van der Waals surface area contributed by atoms with E-state index in [1.165, 1.54) is 16.4 Å². The number of nitrogens with one attached hydrogen (secondary N) is 1. The van der Waals surface area contributed by atoms with Crippen LogP contribution in [-0.4, -0.2) is 50.0 Å². The van der Waals surface area contributed by atoms with E-state index in [1.54, 1.807) is 41.3 Å². The third-order valence-corrected chi connectivity index (χ3v) is 9.20. The average molecular weight is 628 g/mol. The molecule has 0 aliphatic heterocycles. The van der Waals surface area contributed by atoms with Crippen molar-refractivity contribution >= 4 is 39.1 Å². The second-order valence-corrected chi connectivity index (χ2v) is 13.5. The first-order chi connectivity index (χ1) is 20.6. The van der Waals surface area contributed by atoms with E-state index in [1.807, 2.05) is 30.3 Å². The average Bonchev–Trinajstić information content (AvgIpc) is 2.99. The van der Waals surface area contributed by atoms with E-state index in [0.717, 1.165) is 43.9 Å². The quantitative estimate of drug-likeness (QED) is 0.248.